The minimum atomic E-state index is -4.83. The van der Waals surface area contributed by atoms with Crippen molar-refractivity contribution < 1.29 is 40.9 Å². The summed E-state index contributed by atoms with van der Waals surface area (Å²) in [6.45, 7) is 3.62. The van der Waals surface area contributed by atoms with Gasteiger partial charge in [-0.2, -0.15) is 8.78 Å². The van der Waals surface area contributed by atoms with E-state index in [1.165, 1.54) is 12.8 Å². The third-order valence-electron chi connectivity index (χ3n) is 8.86. The quantitative estimate of drug-likeness (QED) is 0.195. The molecule has 1 aliphatic heterocycles. The van der Waals surface area contributed by atoms with Gasteiger partial charge in [0.15, 0.2) is 6.29 Å². The number of ether oxygens (including phenoxy) is 4. The Morgan fingerprint density at radius 3 is 1.77 bits per heavy atom. The number of allylic oxidation sites excluding steroid dienone is 2. The van der Waals surface area contributed by atoms with Gasteiger partial charge in [-0.25, -0.2) is 0 Å². The van der Waals surface area contributed by atoms with Gasteiger partial charge in [0.1, 0.15) is 11.5 Å². The fourth-order valence-corrected chi connectivity index (χ4v) is 6.45. The second kappa shape index (κ2) is 14.3. The van der Waals surface area contributed by atoms with Crippen LogP contribution in [0.3, 0.4) is 0 Å². The second-order valence-corrected chi connectivity index (χ2v) is 11.8. The Balaban J connectivity index is 1.11. The third kappa shape index (κ3) is 9.61. The van der Waals surface area contributed by atoms with Crippen LogP contribution in [0.4, 0.5) is 22.0 Å². The predicted octanol–water partition coefficient (Wildman–Crippen LogP) is 9.30. The molecule has 1 saturated heterocycles. The standard InChI is InChI=1S/C31H43F5O4/c1-2-3-4-5-24-20-37-29(38-21-24)25-12-8-22(9-13-25)6-7-23-10-14-26(15-11-23)30(32,33)39-27-16-18-28(19-17-27)40-31(34,35)36/h2-3,16-19,22-26,29H,4-15,20-21H2,1H3/b3-2+. The van der Waals surface area contributed by atoms with Crippen LogP contribution in [0, 0.1) is 29.6 Å². The molecule has 0 unspecified atom stereocenters. The van der Waals surface area contributed by atoms with Crippen LogP contribution in [0.15, 0.2) is 36.4 Å². The molecule has 2 aliphatic carbocycles. The van der Waals surface area contributed by atoms with E-state index in [9.17, 15) is 22.0 Å². The van der Waals surface area contributed by atoms with Crippen LogP contribution in [-0.2, 0) is 9.47 Å². The van der Waals surface area contributed by atoms with Crippen molar-refractivity contribution in [3.63, 3.8) is 0 Å². The Kier molecular flexibility index (Phi) is 11.1. The molecule has 9 heteroatoms. The second-order valence-electron chi connectivity index (χ2n) is 11.8. The van der Waals surface area contributed by atoms with E-state index in [0.717, 1.165) is 88.8 Å². The fraction of sp³-hybridized carbons (Fsp3) is 0.742. The molecule has 0 atom stereocenters. The van der Waals surface area contributed by atoms with E-state index >= 15 is 0 Å². The minimum absolute atomic E-state index is 0.0655. The molecule has 1 aromatic rings. The van der Waals surface area contributed by atoms with E-state index < -0.39 is 24.1 Å². The van der Waals surface area contributed by atoms with Gasteiger partial charge in [-0.1, -0.05) is 25.0 Å². The van der Waals surface area contributed by atoms with Gasteiger partial charge in [0.05, 0.1) is 19.1 Å². The zero-order valence-corrected chi connectivity index (χ0v) is 23.4. The largest absolute Gasteiger partial charge is 0.573 e. The van der Waals surface area contributed by atoms with Crippen LogP contribution in [0.25, 0.3) is 0 Å². The number of rotatable bonds is 11. The predicted molar refractivity (Wildman–Crippen MR) is 142 cm³/mol. The average molecular weight is 575 g/mol. The van der Waals surface area contributed by atoms with E-state index in [2.05, 4.69) is 16.9 Å². The van der Waals surface area contributed by atoms with Crippen LogP contribution < -0.4 is 9.47 Å². The molecule has 1 aromatic carbocycles. The van der Waals surface area contributed by atoms with E-state index in [1.807, 2.05) is 6.92 Å². The zero-order chi connectivity index (χ0) is 28.6. The molecule has 3 aliphatic rings. The van der Waals surface area contributed by atoms with Crippen LogP contribution in [0.1, 0.15) is 84.0 Å². The maximum Gasteiger partial charge on any atom is 0.573 e. The molecule has 226 valence electrons. The zero-order valence-electron chi connectivity index (χ0n) is 23.4. The van der Waals surface area contributed by atoms with Crippen molar-refractivity contribution in [2.24, 2.45) is 29.6 Å². The van der Waals surface area contributed by atoms with Crippen LogP contribution in [0.2, 0.25) is 0 Å². The van der Waals surface area contributed by atoms with Gasteiger partial charge < -0.3 is 18.9 Å². The minimum Gasteiger partial charge on any atom is -0.432 e. The van der Waals surface area contributed by atoms with Crippen molar-refractivity contribution in [2.75, 3.05) is 13.2 Å². The lowest BCUT2D eigenvalue weighted by molar-refractivity contribution is -0.274. The number of hydrogen-bond donors (Lipinski definition) is 0. The van der Waals surface area contributed by atoms with Gasteiger partial charge in [-0.3, -0.25) is 0 Å². The van der Waals surface area contributed by atoms with Gasteiger partial charge in [0.25, 0.3) is 0 Å². The van der Waals surface area contributed by atoms with Gasteiger partial charge in [0, 0.05) is 11.8 Å². The smallest absolute Gasteiger partial charge is 0.432 e. The summed E-state index contributed by atoms with van der Waals surface area (Å²) in [5.74, 6) is 0.539. The van der Waals surface area contributed by atoms with Gasteiger partial charge in [-0.15, -0.1) is 13.2 Å². The van der Waals surface area contributed by atoms with E-state index in [-0.39, 0.29) is 12.0 Å². The molecule has 4 rings (SSSR count). The van der Waals surface area contributed by atoms with Crippen molar-refractivity contribution in [1.82, 2.24) is 0 Å². The highest BCUT2D eigenvalue weighted by atomic mass is 19.4. The van der Waals surface area contributed by atoms with Gasteiger partial charge in [-0.05, 0) is 107 Å². The summed E-state index contributed by atoms with van der Waals surface area (Å²) in [7, 11) is 0. The van der Waals surface area contributed by atoms with Crippen LogP contribution >= 0.6 is 0 Å². The average Bonchev–Trinajstić information content (AvgIpc) is 2.93. The number of hydrogen-bond acceptors (Lipinski definition) is 4. The molecule has 0 spiro atoms. The first kappa shape index (κ1) is 31.1. The summed E-state index contributed by atoms with van der Waals surface area (Å²) in [6, 6.07) is 4.10. The Morgan fingerprint density at radius 1 is 0.725 bits per heavy atom. The Labute approximate surface area is 234 Å². The van der Waals surface area contributed by atoms with Crippen LogP contribution in [0.5, 0.6) is 11.5 Å². The molecule has 0 radical (unpaired) electrons. The molecule has 3 fully saturated rings. The molecule has 40 heavy (non-hydrogen) atoms. The molecule has 0 amide bonds. The summed E-state index contributed by atoms with van der Waals surface area (Å²) in [5, 5.41) is 0. The Morgan fingerprint density at radius 2 is 1.25 bits per heavy atom. The Hall–Kier alpha value is -1.87. The third-order valence-corrected chi connectivity index (χ3v) is 8.86. The molecule has 1 heterocycles. The summed E-state index contributed by atoms with van der Waals surface area (Å²) in [5.41, 5.74) is 0. The monoisotopic (exact) mass is 574 g/mol. The lowest BCUT2D eigenvalue weighted by Crippen LogP contribution is -2.38. The maximum atomic E-state index is 14.8. The fourth-order valence-electron chi connectivity index (χ4n) is 6.45. The molecule has 0 aromatic heterocycles. The Bertz CT molecular complexity index is 895. The molecule has 0 N–H and O–H groups in total. The van der Waals surface area contributed by atoms with E-state index in [0.29, 0.717) is 36.5 Å². The van der Waals surface area contributed by atoms with Crippen molar-refractivity contribution in [2.45, 2.75) is 103 Å². The van der Waals surface area contributed by atoms with E-state index in [4.69, 9.17) is 14.2 Å². The normalized spacial score (nSPS) is 30.4. The number of halogens is 5. The molecule has 2 saturated carbocycles. The maximum absolute atomic E-state index is 14.8. The van der Waals surface area contributed by atoms with Crippen molar-refractivity contribution >= 4 is 0 Å². The first-order valence-corrected chi connectivity index (χ1v) is 14.9. The van der Waals surface area contributed by atoms with Gasteiger partial charge >= 0.3 is 12.5 Å². The van der Waals surface area contributed by atoms with Crippen molar-refractivity contribution in [3.05, 3.63) is 36.4 Å². The first-order chi connectivity index (χ1) is 19.1. The SMILES string of the molecule is C/C=C/CCC1COC(C2CCC(CCC3CCC(C(F)(F)Oc4ccc(OC(F)(F)F)cc4)CC3)CC2)OC1. The summed E-state index contributed by atoms with van der Waals surface area (Å²) >= 11 is 0. The van der Waals surface area contributed by atoms with Gasteiger partial charge in [0.2, 0.25) is 0 Å². The van der Waals surface area contributed by atoms with Crippen LogP contribution in [-0.4, -0.2) is 32.0 Å². The summed E-state index contributed by atoms with van der Waals surface area (Å²) in [4.78, 5) is 0. The summed E-state index contributed by atoms with van der Waals surface area (Å²) < 4.78 is 87.3. The highest BCUT2D eigenvalue weighted by Gasteiger charge is 2.44. The number of benzene rings is 1. The molecule has 4 nitrogen and oxygen atoms in total. The number of alkyl halides is 5. The first-order valence-electron chi connectivity index (χ1n) is 14.9. The lowest BCUT2D eigenvalue weighted by atomic mass is 9.75. The molecule has 0 bridgehead atoms. The lowest BCUT2D eigenvalue weighted by Gasteiger charge is -2.38. The van der Waals surface area contributed by atoms with Crippen molar-refractivity contribution in [3.8, 4) is 11.5 Å². The molecular weight excluding hydrogens is 531 g/mol. The van der Waals surface area contributed by atoms with Crippen molar-refractivity contribution in [1.29, 1.82) is 0 Å². The summed E-state index contributed by atoms with van der Waals surface area (Å²) in [6.07, 6.45) is 7.24. The highest BCUT2D eigenvalue weighted by molar-refractivity contribution is 5.31. The topological polar surface area (TPSA) is 36.9 Å². The molecular formula is C31H43F5O4. The van der Waals surface area contributed by atoms with E-state index in [1.54, 1.807) is 0 Å². The highest BCUT2D eigenvalue weighted by Crippen LogP contribution is 2.43.